The largest absolute Gasteiger partial charge is 0.395 e. The maximum absolute atomic E-state index is 11.3. The van der Waals surface area contributed by atoms with Crippen molar-refractivity contribution < 1.29 is 18.3 Å². The van der Waals surface area contributed by atoms with Crippen LogP contribution in [0.4, 0.5) is 0 Å². The van der Waals surface area contributed by atoms with Gasteiger partial charge in [0.1, 0.15) is 0 Å². The Balaban J connectivity index is 4.08. The molecule has 0 spiro atoms. The van der Waals surface area contributed by atoms with Gasteiger partial charge in [0.05, 0.1) is 12.4 Å². The highest BCUT2D eigenvalue weighted by Gasteiger charge is 2.17. The van der Waals surface area contributed by atoms with Crippen LogP contribution in [0.3, 0.4) is 0 Å². The lowest BCUT2D eigenvalue weighted by molar-refractivity contribution is -0.120. The van der Waals surface area contributed by atoms with E-state index in [2.05, 4.69) is 5.32 Å². The van der Waals surface area contributed by atoms with E-state index in [1.807, 2.05) is 0 Å². The predicted molar refractivity (Wildman–Crippen MR) is 52.2 cm³/mol. The van der Waals surface area contributed by atoms with Crippen molar-refractivity contribution in [2.75, 3.05) is 33.0 Å². The molecule has 1 amide bonds. The Bertz CT molecular complexity index is 275. The third-order valence-electron chi connectivity index (χ3n) is 1.76. The normalized spacial score (nSPS) is 11.7. The molecule has 0 atom stereocenters. The van der Waals surface area contributed by atoms with Crippen LogP contribution in [0.2, 0.25) is 0 Å². The summed E-state index contributed by atoms with van der Waals surface area (Å²) < 4.78 is 23.6. The summed E-state index contributed by atoms with van der Waals surface area (Å²) in [7, 11) is -0.537. The molecule has 0 unspecified atom stereocenters. The van der Waals surface area contributed by atoms with Crippen LogP contribution in [0.5, 0.6) is 0 Å². The van der Waals surface area contributed by atoms with Gasteiger partial charge in [-0.15, -0.1) is 0 Å². The fourth-order valence-corrected chi connectivity index (χ4v) is 1.71. The SMILES string of the molecule is CNC(=O)CCN(C)S(=O)(=O)CCO. The quantitative estimate of drug-likeness (QED) is 0.567. The molecular formula is C7H16N2O4S. The topological polar surface area (TPSA) is 86.7 Å². The van der Waals surface area contributed by atoms with Crippen LogP contribution in [-0.4, -0.2) is 56.7 Å². The van der Waals surface area contributed by atoms with Crippen LogP contribution in [-0.2, 0) is 14.8 Å². The summed E-state index contributed by atoms with van der Waals surface area (Å²) in [4.78, 5) is 10.8. The lowest BCUT2D eigenvalue weighted by atomic mass is 10.4. The fraction of sp³-hybridized carbons (Fsp3) is 0.857. The van der Waals surface area contributed by atoms with Gasteiger partial charge in [-0.1, -0.05) is 0 Å². The first kappa shape index (κ1) is 13.3. The standard InChI is InChI=1S/C7H16N2O4S/c1-8-7(11)3-4-9(2)14(12,13)6-5-10/h10H,3-6H2,1-2H3,(H,8,11). The molecule has 0 radical (unpaired) electrons. The molecule has 0 fully saturated rings. The van der Waals surface area contributed by atoms with E-state index in [9.17, 15) is 13.2 Å². The fourth-order valence-electron chi connectivity index (χ4n) is 0.794. The third kappa shape index (κ3) is 4.54. The first-order chi connectivity index (χ1) is 6.44. The van der Waals surface area contributed by atoms with E-state index < -0.39 is 16.6 Å². The van der Waals surface area contributed by atoms with Crippen molar-refractivity contribution in [1.82, 2.24) is 9.62 Å². The van der Waals surface area contributed by atoms with Crippen molar-refractivity contribution in [3.63, 3.8) is 0 Å². The first-order valence-corrected chi connectivity index (χ1v) is 5.80. The van der Waals surface area contributed by atoms with Crippen molar-refractivity contribution >= 4 is 15.9 Å². The van der Waals surface area contributed by atoms with Crippen LogP contribution >= 0.6 is 0 Å². The summed E-state index contributed by atoms with van der Waals surface area (Å²) in [5.74, 6) is -0.520. The molecule has 2 N–H and O–H groups in total. The molecule has 0 aromatic carbocycles. The summed E-state index contributed by atoms with van der Waals surface area (Å²) in [5, 5.41) is 10.9. The molecule has 0 rings (SSSR count). The third-order valence-corrected chi connectivity index (χ3v) is 3.59. The second kappa shape index (κ2) is 5.94. The second-order valence-electron chi connectivity index (χ2n) is 2.78. The van der Waals surface area contributed by atoms with E-state index >= 15 is 0 Å². The number of carbonyl (C=O) groups is 1. The Kier molecular flexibility index (Phi) is 5.66. The Morgan fingerprint density at radius 3 is 2.50 bits per heavy atom. The number of hydrogen-bond donors (Lipinski definition) is 2. The van der Waals surface area contributed by atoms with E-state index in [0.29, 0.717) is 0 Å². The van der Waals surface area contributed by atoms with E-state index in [-0.39, 0.29) is 24.6 Å². The van der Waals surface area contributed by atoms with Gasteiger partial charge in [0.15, 0.2) is 0 Å². The van der Waals surface area contributed by atoms with Gasteiger partial charge < -0.3 is 10.4 Å². The number of rotatable bonds is 6. The molecule has 0 saturated carbocycles. The maximum atomic E-state index is 11.3. The molecule has 0 aliphatic rings. The first-order valence-electron chi connectivity index (χ1n) is 4.19. The molecule has 14 heavy (non-hydrogen) atoms. The minimum Gasteiger partial charge on any atom is -0.395 e. The van der Waals surface area contributed by atoms with E-state index in [0.717, 1.165) is 4.31 Å². The Hall–Kier alpha value is -0.660. The number of hydrogen-bond acceptors (Lipinski definition) is 4. The smallest absolute Gasteiger partial charge is 0.221 e. The minimum atomic E-state index is -3.41. The number of amides is 1. The second-order valence-corrected chi connectivity index (χ2v) is 4.98. The monoisotopic (exact) mass is 224 g/mol. The molecule has 0 aliphatic heterocycles. The Labute approximate surface area is 84.0 Å². The summed E-state index contributed by atoms with van der Waals surface area (Å²) in [6.45, 7) is -0.283. The highest BCUT2D eigenvalue weighted by molar-refractivity contribution is 7.89. The van der Waals surface area contributed by atoms with Gasteiger partial charge in [0.25, 0.3) is 0 Å². The van der Waals surface area contributed by atoms with E-state index in [4.69, 9.17) is 5.11 Å². The molecule has 0 bridgehead atoms. The Morgan fingerprint density at radius 2 is 2.07 bits per heavy atom. The van der Waals surface area contributed by atoms with Gasteiger partial charge in [0.2, 0.25) is 15.9 Å². The van der Waals surface area contributed by atoms with Crippen LogP contribution in [0.1, 0.15) is 6.42 Å². The zero-order valence-corrected chi connectivity index (χ0v) is 9.17. The van der Waals surface area contributed by atoms with Crippen molar-refractivity contribution in [2.24, 2.45) is 0 Å². The lowest BCUT2D eigenvalue weighted by Crippen LogP contribution is -2.33. The molecule has 0 aliphatic carbocycles. The molecule has 7 heteroatoms. The number of nitrogens with one attached hydrogen (secondary N) is 1. The summed E-state index contributed by atoms with van der Waals surface area (Å²) in [5.41, 5.74) is 0. The molecule has 0 aromatic heterocycles. The van der Waals surface area contributed by atoms with Gasteiger partial charge >= 0.3 is 0 Å². The number of nitrogens with zero attached hydrogens (tertiary/aromatic N) is 1. The van der Waals surface area contributed by atoms with Crippen molar-refractivity contribution in [3.8, 4) is 0 Å². The van der Waals surface area contributed by atoms with Gasteiger partial charge in [0, 0.05) is 27.1 Å². The minimum absolute atomic E-state index is 0.123. The number of carbonyl (C=O) groups excluding carboxylic acids is 1. The highest BCUT2D eigenvalue weighted by Crippen LogP contribution is 1.98. The average Bonchev–Trinajstić information content (AvgIpc) is 2.13. The number of aliphatic hydroxyl groups excluding tert-OH is 1. The summed E-state index contributed by atoms with van der Waals surface area (Å²) in [6, 6.07) is 0. The lowest BCUT2D eigenvalue weighted by Gasteiger charge is -2.15. The van der Waals surface area contributed by atoms with E-state index in [1.165, 1.54) is 14.1 Å². The van der Waals surface area contributed by atoms with Gasteiger partial charge in [-0.25, -0.2) is 12.7 Å². The molecule has 0 aromatic rings. The molecular weight excluding hydrogens is 208 g/mol. The zero-order valence-electron chi connectivity index (χ0n) is 8.36. The van der Waals surface area contributed by atoms with Crippen LogP contribution < -0.4 is 5.32 Å². The number of aliphatic hydroxyl groups is 1. The van der Waals surface area contributed by atoms with Crippen molar-refractivity contribution in [3.05, 3.63) is 0 Å². The van der Waals surface area contributed by atoms with Crippen molar-refractivity contribution in [1.29, 1.82) is 0 Å². The van der Waals surface area contributed by atoms with Crippen LogP contribution in [0, 0.1) is 0 Å². The van der Waals surface area contributed by atoms with Gasteiger partial charge in [-0.05, 0) is 0 Å². The average molecular weight is 224 g/mol. The summed E-state index contributed by atoms with van der Waals surface area (Å²) >= 11 is 0. The molecule has 0 saturated heterocycles. The van der Waals surface area contributed by atoms with Gasteiger partial charge in [-0.3, -0.25) is 4.79 Å². The van der Waals surface area contributed by atoms with Crippen LogP contribution in [0.15, 0.2) is 0 Å². The molecule has 0 heterocycles. The highest BCUT2D eigenvalue weighted by atomic mass is 32.2. The summed E-state index contributed by atoms with van der Waals surface area (Å²) in [6.07, 6.45) is 0.123. The van der Waals surface area contributed by atoms with Crippen LogP contribution in [0.25, 0.3) is 0 Å². The van der Waals surface area contributed by atoms with E-state index in [1.54, 1.807) is 0 Å². The molecule has 6 nitrogen and oxygen atoms in total. The van der Waals surface area contributed by atoms with Gasteiger partial charge in [-0.2, -0.15) is 0 Å². The molecule has 84 valence electrons. The zero-order chi connectivity index (χ0) is 11.2. The van der Waals surface area contributed by atoms with Crippen molar-refractivity contribution in [2.45, 2.75) is 6.42 Å². The maximum Gasteiger partial charge on any atom is 0.221 e. The number of sulfonamides is 1. The Morgan fingerprint density at radius 1 is 1.50 bits per heavy atom. The predicted octanol–water partition coefficient (Wildman–Crippen LogP) is -1.62.